The number of methoxy groups -OCH3 is 1. The van der Waals surface area contributed by atoms with Crippen LogP contribution >= 0.6 is 0 Å². The van der Waals surface area contributed by atoms with Crippen LogP contribution in [-0.2, 0) is 6.61 Å². The number of rotatable bonds is 8. The lowest BCUT2D eigenvalue weighted by Gasteiger charge is -2.13. The molecule has 0 amide bonds. The Labute approximate surface area is 166 Å². The number of aliphatic hydroxyl groups is 1. The van der Waals surface area contributed by atoms with Crippen LogP contribution in [0.3, 0.4) is 0 Å². The average molecular weight is 398 g/mol. The van der Waals surface area contributed by atoms with Crippen molar-refractivity contribution >= 4 is 0 Å². The Hall–Kier alpha value is -3.81. The summed E-state index contributed by atoms with van der Waals surface area (Å²) in [7, 11) is 1.48. The van der Waals surface area contributed by atoms with E-state index in [-0.39, 0.29) is 30.4 Å². The first-order valence-corrected chi connectivity index (χ1v) is 8.60. The van der Waals surface area contributed by atoms with Gasteiger partial charge in [-0.2, -0.15) is 0 Å². The van der Waals surface area contributed by atoms with E-state index < -0.39 is 5.82 Å². The first-order chi connectivity index (χ1) is 14.0. The summed E-state index contributed by atoms with van der Waals surface area (Å²) in [4.78, 5) is 16.3. The smallest absolute Gasteiger partial charge is 0.255 e. The second-order valence-electron chi connectivity index (χ2n) is 6.04. The molecule has 0 saturated heterocycles. The number of aliphatic hydroxyl groups excluding tert-OH is 1. The minimum atomic E-state index is -0.451. The first kappa shape index (κ1) is 19.9. The molecule has 1 N–H and O–H groups in total. The molecule has 7 nitrogen and oxygen atoms in total. The summed E-state index contributed by atoms with van der Waals surface area (Å²) in [5.41, 5.74) is 0.957. The van der Waals surface area contributed by atoms with Gasteiger partial charge in [0.05, 0.1) is 19.0 Å². The van der Waals surface area contributed by atoms with Crippen molar-refractivity contribution in [2.75, 3.05) is 13.7 Å². The van der Waals surface area contributed by atoms with Crippen LogP contribution in [0.4, 0.5) is 4.39 Å². The Morgan fingerprint density at radius 1 is 1.17 bits per heavy atom. The Morgan fingerprint density at radius 3 is 2.66 bits per heavy atom. The van der Waals surface area contributed by atoms with E-state index in [9.17, 15) is 9.18 Å². The number of ether oxygens (including phenoxy) is 3. The lowest BCUT2D eigenvalue weighted by molar-refractivity contribution is 0.261. The molecule has 0 fully saturated rings. The van der Waals surface area contributed by atoms with Crippen molar-refractivity contribution in [2.24, 2.45) is 0 Å². The number of hydrogen-bond donors (Lipinski definition) is 1. The van der Waals surface area contributed by atoms with E-state index in [4.69, 9.17) is 19.3 Å². The van der Waals surface area contributed by atoms with Gasteiger partial charge in [0.1, 0.15) is 24.8 Å². The second kappa shape index (κ2) is 8.92. The maximum absolute atomic E-state index is 12.9. The van der Waals surface area contributed by atoms with Gasteiger partial charge in [0.25, 0.3) is 5.56 Å². The van der Waals surface area contributed by atoms with E-state index in [2.05, 4.69) is 11.6 Å². The molecule has 2 aromatic heterocycles. The number of nitrogens with zero attached hydrogens (tertiary/aromatic N) is 2. The molecular weight excluding hydrogens is 379 g/mol. The summed E-state index contributed by atoms with van der Waals surface area (Å²) in [5.74, 6) is 0.525. The number of aromatic nitrogens is 2. The molecule has 0 aliphatic heterocycles. The zero-order chi connectivity index (χ0) is 20.8. The molecule has 0 saturated carbocycles. The van der Waals surface area contributed by atoms with Gasteiger partial charge in [-0.25, -0.2) is 9.37 Å². The molecular formula is C21H19FN2O5. The third-order valence-electron chi connectivity index (χ3n) is 3.89. The number of benzene rings is 1. The minimum Gasteiger partial charge on any atom is -0.509 e. The van der Waals surface area contributed by atoms with Gasteiger partial charge in [0.15, 0.2) is 11.5 Å². The first-order valence-electron chi connectivity index (χ1n) is 8.60. The third kappa shape index (κ3) is 5.13. The number of halogens is 1. The SMILES string of the molecule is C=C(O)COc1ccc(-n2ccc(COc3ccc(F)cn3)cc2=O)cc1OC. The number of hydrogen-bond acceptors (Lipinski definition) is 6. The molecule has 150 valence electrons. The molecule has 0 unspecified atom stereocenters. The summed E-state index contributed by atoms with van der Waals surface area (Å²) in [6, 6.07) is 10.8. The van der Waals surface area contributed by atoms with Crippen LogP contribution in [0.1, 0.15) is 5.56 Å². The predicted octanol–water partition coefficient (Wildman–Crippen LogP) is 3.41. The van der Waals surface area contributed by atoms with Gasteiger partial charge in [-0.05, 0) is 29.8 Å². The van der Waals surface area contributed by atoms with Gasteiger partial charge in [0, 0.05) is 24.4 Å². The molecule has 0 bridgehead atoms. The largest absolute Gasteiger partial charge is 0.509 e. The number of pyridine rings is 2. The van der Waals surface area contributed by atoms with Gasteiger partial charge in [0.2, 0.25) is 5.88 Å². The van der Waals surface area contributed by atoms with E-state index in [0.717, 1.165) is 6.20 Å². The maximum Gasteiger partial charge on any atom is 0.255 e. The lowest BCUT2D eigenvalue weighted by atomic mass is 10.2. The molecule has 0 atom stereocenters. The zero-order valence-corrected chi connectivity index (χ0v) is 15.7. The molecule has 0 radical (unpaired) electrons. The molecule has 0 aliphatic carbocycles. The zero-order valence-electron chi connectivity index (χ0n) is 15.7. The molecule has 2 heterocycles. The van der Waals surface area contributed by atoms with Crippen LogP contribution in [0, 0.1) is 5.82 Å². The van der Waals surface area contributed by atoms with E-state index in [1.165, 1.54) is 29.9 Å². The highest BCUT2D eigenvalue weighted by Gasteiger charge is 2.09. The van der Waals surface area contributed by atoms with Gasteiger partial charge >= 0.3 is 0 Å². The Balaban J connectivity index is 1.76. The van der Waals surface area contributed by atoms with Crippen LogP contribution < -0.4 is 19.8 Å². The highest BCUT2D eigenvalue weighted by Crippen LogP contribution is 2.29. The molecule has 1 aromatic carbocycles. The molecule has 3 rings (SSSR count). The molecule has 8 heteroatoms. The minimum absolute atomic E-state index is 0.0622. The van der Waals surface area contributed by atoms with Gasteiger partial charge < -0.3 is 19.3 Å². The summed E-state index contributed by atoms with van der Waals surface area (Å²) < 4.78 is 30.5. The highest BCUT2D eigenvalue weighted by atomic mass is 19.1. The highest BCUT2D eigenvalue weighted by molar-refractivity contribution is 5.49. The summed E-state index contributed by atoms with van der Waals surface area (Å²) in [6.45, 7) is 3.42. The van der Waals surface area contributed by atoms with Crippen LogP contribution in [0.5, 0.6) is 17.4 Å². The lowest BCUT2D eigenvalue weighted by Crippen LogP contribution is -2.18. The van der Waals surface area contributed by atoms with Crippen LogP contribution in [0.2, 0.25) is 0 Å². The average Bonchev–Trinajstić information content (AvgIpc) is 2.72. The monoisotopic (exact) mass is 398 g/mol. The van der Waals surface area contributed by atoms with E-state index >= 15 is 0 Å². The molecule has 29 heavy (non-hydrogen) atoms. The van der Waals surface area contributed by atoms with Crippen molar-refractivity contribution < 1.29 is 23.7 Å². The van der Waals surface area contributed by atoms with Gasteiger partial charge in [-0.1, -0.05) is 6.58 Å². The van der Waals surface area contributed by atoms with Crippen molar-refractivity contribution in [3.8, 4) is 23.1 Å². The van der Waals surface area contributed by atoms with Crippen molar-refractivity contribution in [3.63, 3.8) is 0 Å². The predicted molar refractivity (Wildman–Crippen MR) is 104 cm³/mol. The van der Waals surface area contributed by atoms with Crippen molar-refractivity contribution in [1.29, 1.82) is 0 Å². The third-order valence-corrected chi connectivity index (χ3v) is 3.89. The molecule has 0 aliphatic rings. The van der Waals surface area contributed by atoms with Crippen LogP contribution in [-0.4, -0.2) is 28.4 Å². The molecule has 3 aromatic rings. The van der Waals surface area contributed by atoms with Crippen molar-refractivity contribution in [1.82, 2.24) is 9.55 Å². The quantitative estimate of drug-likeness (QED) is 0.586. The normalized spacial score (nSPS) is 10.4. The second-order valence-corrected chi connectivity index (χ2v) is 6.04. The van der Waals surface area contributed by atoms with Gasteiger partial charge in [-0.15, -0.1) is 0 Å². The topological polar surface area (TPSA) is 82.8 Å². The summed E-state index contributed by atoms with van der Waals surface area (Å²) in [5, 5.41) is 9.16. The molecule has 0 spiro atoms. The van der Waals surface area contributed by atoms with E-state index in [1.54, 1.807) is 30.5 Å². The van der Waals surface area contributed by atoms with Gasteiger partial charge in [-0.3, -0.25) is 9.36 Å². The fourth-order valence-corrected chi connectivity index (χ4v) is 2.51. The van der Waals surface area contributed by atoms with Crippen molar-refractivity contribution in [3.05, 3.63) is 88.9 Å². The Morgan fingerprint density at radius 2 is 2.00 bits per heavy atom. The Bertz CT molecular complexity index is 1060. The Kier molecular flexibility index (Phi) is 6.13. The maximum atomic E-state index is 12.9. The standard InChI is InChI=1S/C21H19FN2O5/c1-14(25)12-28-18-5-4-17(10-19(18)27-2)24-8-7-15(9-21(24)26)13-29-20-6-3-16(22)11-23-20/h3-11,25H,1,12-13H2,2H3. The summed E-state index contributed by atoms with van der Waals surface area (Å²) >= 11 is 0. The van der Waals surface area contributed by atoms with E-state index in [1.807, 2.05) is 0 Å². The van der Waals surface area contributed by atoms with Crippen molar-refractivity contribution in [2.45, 2.75) is 6.61 Å². The fourth-order valence-electron chi connectivity index (χ4n) is 2.51. The fraction of sp³-hybridized carbons (Fsp3) is 0.143. The van der Waals surface area contributed by atoms with Crippen LogP contribution in [0.25, 0.3) is 5.69 Å². The van der Waals surface area contributed by atoms with Crippen LogP contribution in [0.15, 0.2) is 72.0 Å². The summed E-state index contributed by atoms with van der Waals surface area (Å²) in [6.07, 6.45) is 2.68. The van der Waals surface area contributed by atoms with E-state index in [0.29, 0.717) is 22.7 Å².